The fraction of sp³-hybridized carbons (Fsp3) is 0.700. The van der Waals surface area contributed by atoms with Crippen LogP contribution in [-0.2, 0) is 4.74 Å². The van der Waals surface area contributed by atoms with Crippen LogP contribution in [0.5, 0.6) is 0 Å². The molecule has 0 aromatic heterocycles. The van der Waals surface area contributed by atoms with Crippen molar-refractivity contribution in [3.8, 4) is 12.3 Å². The summed E-state index contributed by atoms with van der Waals surface area (Å²) >= 11 is 0. The lowest BCUT2D eigenvalue weighted by atomic mass is 10.4. The summed E-state index contributed by atoms with van der Waals surface area (Å²) in [4.78, 5) is 13.2. The monoisotopic (exact) mass is 211 g/mol. The molecule has 15 heavy (non-hydrogen) atoms. The summed E-state index contributed by atoms with van der Waals surface area (Å²) in [7, 11) is 0. The molecule has 2 N–H and O–H groups in total. The van der Waals surface area contributed by atoms with E-state index in [-0.39, 0.29) is 12.3 Å². The molecule has 1 heterocycles. The Morgan fingerprint density at radius 1 is 1.67 bits per heavy atom. The molecule has 1 aliphatic heterocycles. The zero-order chi connectivity index (χ0) is 11.1. The maximum Gasteiger partial charge on any atom is 0.411 e. The number of amides is 1. The van der Waals surface area contributed by atoms with Gasteiger partial charge in [-0.1, -0.05) is 5.92 Å². The van der Waals surface area contributed by atoms with Crippen molar-refractivity contribution in [3.05, 3.63) is 0 Å². The van der Waals surface area contributed by atoms with Gasteiger partial charge >= 0.3 is 6.09 Å². The number of piperazine rings is 1. The fourth-order valence-electron chi connectivity index (χ4n) is 1.32. The normalized spacial score (nSPS) is 18.0. The third-order valence-corrected chi connectivity index (χ3v) is 2.14. The van der Waals surface area contributed by atoms with Gasteiger partial charge in [0.15, 0.2) is 6.23 Å². The molecule has 1 amide bonds. The zero-order valence-corrected chi connectivity index (χ0v) is 8.95. The van der Waals surface area contributed by atoms with Gasteiger partial charge in [0.2, 0.25) is 0 Å². The molecule has 0 aliphatic carbocycles. The average molecular weight is 211 g/mol. The van der Waals surface area contributed by atoms with Crippen LogP contribution in [0.15, 0.2) is 0 Å². The summed E-state index contributed by atoms with van der Waals surface area (Å²) in [5.74, 6) is 2.43. The Morgan fingerprint density at radius 2 is 2.33 bits per heavy atom. The van der Waals surface area contributed by atoms with Crippen LogP contribution in [0.1, 0.15) is 6.92 Å². The van der Waals surface area contributed by atoms with Crippen molar-refractivity contribution in [2.45, 2.75) is 13.2 Å². The molecule has 1 aliphatic rings. The highest BCUT2D eigenvalue weighted by Crippen LogP contribution is 1.98. The Kier molecular flexibility index (Phi) is 4.95. The molecule has 0 saturated carbocycles. The SMILES string of the molecule is C#CCNC(C)OC(=O)N1CCNCC1. The summed E-state index contributed by atoms with van der Waals surface area (Å²) in [5, 5.41) is 6.05. The molecule has 84 valence electrons. The van der Waals surface area contributed by atoms with Crippen LogP contribution in [-0.4, -0.2) is 49.9 Å². The van der Waals surface area contributed by atoms with E-state index in [1.54, 1.807) is 11.8 Å². The van der Waals surface area contributed by atoms with Gasteiger partial charge < -0.3 is 15.0 Å². The van der Waals surface area contributed by atoms with E-state index < -0.39 is 0 Å². The number of nitrogens with one attached hydrogen (secondary N) is 2. The van der Waals surface area contributed by atoms with Crippen LogP contribution in [0.25, 0.3) is 0 Å². The van der Waals surface area contributed by atoms with Crippen molar-refractivity contribution in [3.63, 3.8) is 0 Å². The van der Waals surface area contributed by atoms with Gasteiger partial charge in [-0.2, -0.15) is 0 Å². The predicted molar refractivity (Wildman–Crippen MR) is 57.2 cm³/mol. The summed E-state index contributed by atoms with van der Waals surface area (Å²) in [6.07, 6.45) is 4.45. The minimum Gasteiger partial charge on any atom is -0.431 e. The number of terminal acetylenes is 1. The molecule has 0 radical (unpaired) electrons. The van der Waals surface area contributed by atoms with Crippen molar-refractivity contribution < 1.29 is 9.53 Å². The highest BCUT2D eigenvalue weighted by Gasteiger charge is 2.18. The van der Waals surface area contributed by atoms with Crippen LogP contribution in [0.2, 0.25) is 0 Å². The van der Waals surface area contributed by atoms with Crippen LogP contribution >= 0.6 is 0 Å². The molecule has 0 bridgehead atoms. The third kappa shape index (κ3) is 4.19. The Balaban J connectivity index is 2.24. The summed E-state index contributed by atoms with van der Waals surface area (Å²) in [6.45, 7) is 5.19. The largest absolute Gasteiger partial charge is 0.431 e. The van der Waals surface area contributed by atoms with Gasteiger partial charge in [0.05, 0.1) is 6.54 Å². The van der Waals surface area contributed by atoms with Gasteiger partial charge in [-0.05, 0) is 6.92 Å². The van der Waals surface area contributed by atoms with Crippen LogP contribution < -0.4 is 10.6 Å². The van der Waals surface area contributed by atoms with Crippen LogP contribution in [0.4, 0.5) is 4.79 Å². The highest BCUT2D eigenvalue weighted by atomic mass is 16.6. The predicted octanol–water partition coefficient (Wildman–Crippen LogP) is -0.403. The second-order valence-corrected chi connectivity index (χ2v) is 3.35. The Labute approximate surface area is 90.2 Å². The number of carbonyl (C=O) groups excluding carboxylic acids is 1. The molecular weight excluding hydrogens is 194 g/mol. The van der Waals surface area contributed by atoms with Gasteiger partial charge in [-0.3, -0.25) is 5.32 Å². The third-order valence-electron chi connectivity index (χ3n) is 2.14. The van der Waals surface area contributed by atoms with Crippen molar-refractivity contribution in [1.29, 1.82) is 0 Å². The lowest BCUT2D eigenvalue weighted by Crippen LogP contribution is -2.48. The first-order valence-corrected chi connectivity index (χ1v) is 5.07. The van der Waals surface area contributed by atoms with E-state index in [1.807, 2.05) is 0 Å². The minimum atomic E-state index is -0.344. The van der Waals surface area contributed by atoms with Crippen LogP contribution in [0.3, 0.4) is 0 Å². The molecule has 1 unspecified atom stereocenters. The molecule has 1 fully saturated rings. The number of hydrogen-bond acceptors (Lipinski definition) is 4. The van der Waals surface area contributed by atoms with E-state index >= 15 is 0 Å². The fourth-order valence-corrected chi connectivity index (χ4v) is 1.32. The van der Waals surface area contributed by atoms with Crippen molar-refractivity contribution in [2.75, 3.05) is 32.7 Å². The molecule has 0 spiro atoms. The molecule has 5 nitrogen and oxygen atoms in total. The maximum atomic E-state index is 11.6. The van der Waals surface area contributed by atoms with Gasteiger partial charge in [-0.25, -0.2) is 4.79 Å². The molecule has 1 rings (SSSR count). The van der Waals surface area contributed by atoms with Crippen molar-refractivity contribution in [1.82, 2.24) is 15.5 Å². The number of rotatable bonds is 3. The molecule has 0 aromatic rings. The van der Waals surface area contributed by atoms with Gasteiger partial charge in [0.1, 0.15) is 0 Å². The van der Waals surface area contributed by atoms with E-state index in [2.05, 4.69) is 16.6 Å². The maximum absolute atomic E-state index is 11.6. The van der Waals surface area contributed by atoms with Crippen molar-refractivity contribution in [2.24, 2.45) is 0 Å². The molecule has 1 saturated heterocycles. The second kappa shape index (κ2) is 6.27. The van der Waals surface area contributed by atoms with Crippen molar-refractivity contribution >= 4 is 6.09 Å². The van der Waals surface area contributed by atoms with Gasteiger partial charge in [0.25, 0.3) is 0 Å². The lowest BCUT2D eigenvalue weighted by Gasteiger charge is -2.27. The minimum absolute atomic E-state index is 0.284. The van der Waals surface area contributed by atoms with Gasteiger partial charge in [0, 0.05) is 26.2 Å². The van der Waals surface area contributed by atoms with E-state index in [9.17, 15) is 4.79 Å². The number of nitrogens with zero attached hydrogens (tertiary/aromatic N) is 1. The summed E-state index contributed by atoms with van der Waals surface area (Å²) in [5.41, 5.74) is 0. The number of ether oxygens (including phenoxy) is 1. The smallest absolute Gasteiger partial charge is 0.411 e. The lowest BCUT2D eigenvalue weighted by molar-refractivity contribution is 0.0547. The Bertz CT molecular complexity index is 244. The molecule has 5 heteroatoms. The molecular formula is C10H17N3O2. The highest BCUT2D eigenvalue weighted by molar-refractivity contribution is 5.67. The van der Waals surface area contributed by atoms with E-state index in [0.29, 0.717) is 19.6 Å². The molecule has 0 aromatic carbocycles. The Hall–Kier alpha value is -1.25. The van der Waals surface area contributed by atoms with Gasteiger partial charge in [-0.15, -0.1) is 6.42 Å². The number of hydrogen-bond donors (Lipinski definition) is 2. The van der Waals surface area contributed by atoms with Crippen LogP contribution in [0, 0.1) is 12.3 Å². The second-order valence-electron chi connectivity index (χ2n) is 3.35. The molecule has 1 atom stereocenters. The summed E-state index contributed by atoms with van der Waals surface area (Å²) < 4.78 is 5.14. The Morgan fingerprint density at radius 3 is 2.93 bits per heavy atom. The average Bonchev–Trinajstić information content (AvgIpc) is 2.27. The first kappa shape index (κ1) is 11.8. The number of carbonyl (C=O) groups is 1. The first-order chi connectivity index (χ1) is 7.24. The summed E-state index contributed by atoms with van der Waals surface area (Å²) in [6, 6.07) is 0. The van der Waals surface area contributed by atoms with E-state index in [0.717, 1.165) is 13.1 Å². The van der Waals surface area contributed by atoms with E-state index in [4.69, 9.17) is 11.2 Å². The standard InChI is InChI=1S/C10H17N3O2/c1-3-4-12-9(2)15-10(14)13-7-5-11-6-8-13/h1,9,11-12H,4-8H2,2H3. The zero-order valence-electron chi connectivity index (χ0n) is 8.95. The van der Waals surface area contributed by atoms with E-state index in [1.165, 1.54) is 0 Å². The first-order valence-electron chi connectivity index (χ1n) is 5.07. The topological polar surface area (TPSA) is 53.6 Å². The quantitative estimate of drug-likeness (QED) is 0.492.